The van der Waals surface area contributed by atoms with E-state index in [9.17, 15) is 15.0 Å². The predicted molar refractivity (Wildman–Crippen MR) is 124 cm³/mol. The Kier molecular flexibility index (Phi) is 7.34. The molecule has 6 unspecified atom stereocenters. The molecule has 0 aliphatic carbocycles. The van der Waals surface area contributed by atoms with Gasteiger partial charge in [0.2, 0.25) is 5.91 Å². The second-order valence-corrected chi connectivity index (χ2v) is 8.51. The summed E-state index contributed by atoms with van der Waals surface area (Å²) in [5.74, 6) is -0.355. The number of benzene rings is 1. The summed E-state index contributed by atoms with van der Waals surface area (Å²) in [4.78, 5) is 23.7. The molecule has 1 saturated heterocycles. The zero-order chi connectivity index (χ0) is 24.2. The third kappa shape index (κ3) is 5.16. The molecule has 9 N–H and O–H groups in total. The summed E-state index contributed by atoms with van der Waals surface area (Å²) < 4.78 is 7.61. The maximum atomic E-state index is 11.4. The molecule has 0 radical (unpaired) electrons. The van der Waals surface area contributed by atoms with E-state index in [0.29, 0.717) is 37.0 Å². The highest BCUT2D eigenvalue weighted by Gasteiger charge is 2.45. The van der Waals surface area contributed by atoms with Crippen molar-refractivity contribution < 1.29 is 19.7 Å². The third-order valence-electron chi connectivity index (χ3n) is 6.14. The number of carbonyl (C=O) groups is 1. The van der Waals surface area contributed by atoms with Crippen LogP contribution in [0.1, 0.15) is 31.1 Å². The monoisotopic (exact) mass is 470 g/mol. The molecule has 0 saturated carbocycles. The van der Waals surface area contributed by atoms with Gasteiger partial charge in [0.15, 0.2) is 17.7 Å². The number of rotatable bonds is 10. The Hall–Kier alpha value is -3.16. The van der Waals surface area contributed by atoms with Gasteiger partial charge in [-0.3, -0.25) is 9.36 Å². The second kappa shape index (κ2) is 10.4. The van der Waals surface area contributed by atoms with Crippen molar-refractivity contribution in [3.63, 3.8) is 0 Å². The van der Waals surface area contributed by atoms with Crippen LogP contribution in [0.15, 0.2) is 43.0 Å². The number of fused-ring (bicyclic) bond motifs is 1. The quantitative estimate of drug-likeness (QED) is 0.217. The number of aromatic nitrogens is 4. The summed E-state index contributed by atoms with van der Waals surface area (Å²) in [5.41, 5.74) is 18.9. The number of carbonyl (C=O) groups excluding carboxylic acids is 1. The van der Waals surface area contributed by atoms with Crippen molar-refractivity contribution in [1.29, 1.82) is 0 Å². The summed E-state index contributed by atoms with van der Waals surface area (Å²) in [6.07, 6.45) is 0.0924. The van der Waals surface area contributed by atoms with Crippen LogP contribution in [-0.4, -0.2) is 66.0 Å². The van der Waals surface area contributed by atoms with Crippen molar-refractivity contribution in [2.45, 2.75) is 62.4 Å². The number of nitrogens with one attached hydrogen (secondary N) is 1. The normalized spacial score (nSPS) is 24.3. The first-order chi connectivity index (χ1) is 16.3. The Balaban J connectivity index is 1.48. The van der Waals surface area contributed by atoms with Gasteiger partial charge >= 0.3 is 0 Å². The number of nitrogens with two attached hydrogens (primary N) is 3. The average molecular weight is 471 g/mol. The number of amides is 1. The molecule has 3 aromatic rings. The number of primary amides is 1. The standard InChI is InChI=1S/C22H30N8O4/c23-14(20(25)33)7-6-13(26-9-12-4-2-1-3-5-12)8-15-17(31)18(32)22(34-15)30-11-29-16-19(24)27-10-28-21(16)30/h1-5,10-11,13-15,17-18,22,26,31-32H,6-9,23H2,(H2,25,33)(H2,24,27,28). The SMILES string of the molecule is NC(=O)C(N)CCC(CC1OC(n2cnc3c(N)ncnc32)C(O)C1O)NCc1ccccc1. The lowest BCUT2D eigenvalue weighted by Crippen LogP contribution is -2.41. The van der Waals surface area contributed by atoms with Gasteiger partial charge in [-0.1, -0.05) is 30.3 Å². The molecular weight excluding hydrogens is 440 g/mol. The lowest BCUT2D eigenvalue weighted by Gasteiger charge is -2.24. The number of anilines is 1. The second-order valence-electron chi connectivity index (χ2n) is 8.51. The van der Waals surface area contributed by atoms with Crippen molar-refractivity contribution in [1.82, 2.24) is 24.8 Å². The summed E-state index contributed by atoms with van der Waals surface area (Å²) in [6, 6.07) is 8.91. The number of aliphatic hydroxyl groups excluding tert-OH is 2. The zero-order valence-corrected chi connectivity index (χ0v) is 18.6. The van der Waals surface area contributed by atoms with Crippen molar-refractivity contribution in [3.05, 3.63) is 48.5 Å². The first kappa shape index (κ1) is 24.0. The Morgan fingerprint density at radius 2 is 1.91 bits per heavy atom. The van der Waals surface area contributed by atoms with Crippen LogP contribution in [0.2, 0.25) is 0 Å². The van der Waals surface area contributed by atoms with Crippen LogP contribution in [0.5, 0.6) is 0 Å². The molecule has 2 aromatic heterocycles. The van der Waals surface area contributed by atoms with Gasteiger partial charge in [0.1, 0.15) is 24.1 Å². The van der Waals surface area contributed by atoms with E-state index in [1.54, 1.807) is 0 Å². The minimum atomic E-state index is -1.21. The summed E-state index contributed by atoms with van der Waals surface area (Å²) in [6.45, 7) is 0.578. The molecule has 12 heteroatoms. The Bertz CT molecular complexity index is 1110. The number of hydrogen-bond acceptors (Lipinski definition) is 10. The predicted octanol–water partition coefficient (Wildman–Crippen LogP) is -0.831. The van der Waals surface area contributed by atoms with Crippen molar-refractivity contribution in [2.24, 2.45) is 11.5 Å². The van der Waals surface area contributed by atoms with E-state index in [4.69, 9.17) is 21.9 Å². The number of nitrogen functional groups attached to an aromatic ring is 1. The molecule has 1 aromatic carbocycles. The van der Waals surface area contributed by atoms with E-state index in [1.807, 2.05) is 30.3 Å². The van der Waals surface area contributed by atoms with Crippen LogP contribution >= 0.6 is 0 Å². The molecule has 4 rings (SSSR count). The molecule has 6 atom stereocenters. The summed E-state index contributed by atoms with van der Waals surface area (Å²) in [5, 5.41) is 24.9. The lowest BCUT2D eigenvalue weighted by atomic mass is 9.97. The molecule has 3 heterocycles. The van der Waals surface area contributed by atoms with Gasteiger partial charge < -0.3 is 37.5 Å². The third-order valence-corrected chi connectivity index (χ3v) is 6.14. The van der Waals surface area contributed by atoms with Gasteiger partial charge in [-0.05, 0) is 24.8 Å². The van der Waals surface area contributed by atoms with Gasteiger partial charge in [-0.25, -0.2) is 15.0 Å². The minimum Gasteiger partial charge on any atom is -0.388 e. The zero-order valence-electron chi connectivity index (χ0n) is 18.6. The van der Waals surface area contributed by atoms with E-state index in [-0.39, 0.29) is 11.9 Å². The van der Waals surface area contributed by atoms with Crippen molar-refractivity contribution in [3.8, 4) is 0 Å². The first-order valence-electron chi connectivity index (χ1n) is 11.1. The van der Waals surface area contributed by atoms with Gasteiger partial charge in [0.05, 0.1) is 18.5 Å². The lowest BCUT2D eigenvalue weighted by molar-refractivity contribution is -0.119. The van der Waals surface area contributed by atoms with Crippen LogP contribution in [0.25, 0.3) is 11.2 Å². The number of imidazole rings is 1. The fourth-order valence-electron chi connectivity index (χ4n) is 4.17. The molecule has 12 nitrogen and oxygen atoms in total. The highest BCUT2D eigenvalue weighted by Crippen LogP contribution is 2.34. The summed E-state index contributed by atoms with van der Waals surface area (Å²) in [7, 11) is 0. The van der Waals surface area contributed by atoms with E-state index in [2.05, 4.69) is 20.3 Å². The molecule has 1 aliphatic rings. The molecule has 1 fully saturated rings. The van der Waals surface area contributed by atoms with Crippen LogP contribution in [0, 0.1) is 0 Å². The van der Waals surface area contributed by atoms with E-state index >= 15 is 0 Å². The van der Waals surface area contributed by atoms with E-state index < -0.39 is 36.5 Å². The van der Waals surface area contributed by atoms with Crippen LogP contribution in [0.3, 0.4) is 0 Å². The molecule has 34 heavy (non-hydrogen) atoms. The smallest absolute Gasteiger partial charge is 0.234 e. The fourth-order valence-corrected chi connectivity index (χ4v) is 4.17. The maximum Gasteiger partial charge on any atom is 0.234 e. The number of nitrogens with zero attached hydrogens (tertiary/aromatic N) is 4. The number of hydrogen-bond donors (Lipinski definition) is 6. The molecule has 182 valence electrons. The van der Waals surface area contributed by atoms with Crippen LogP contribution in [0.4, 0.5) is 5.82 Å². The number of aliphatic hydroxyl groups is 2. The summed E-state index contributed by atoms with van der Waals surface area (Å²) >= 11 is 0. The Labute approximate surface area is 196 Å². The van der Waals surface area contributed by atoms with E-state index in [0.717, 1.165) is 5.56 Å². The fraction of sp³-hybridized carbons (Fsp3) is 0.455. The topological polar surface area (TPSA) is 200 Å². The van der Waals surface area contributed by atoms with Crippen LogP contribution in [-0.2, 0) is 16.1 Å². The average Bonchev–Trinajstić information content (AvgIpc) is 3.38. The van der Waals surface area contributed by atoms with Crippen molar-refractivity contribution in [2.75, 3.05) is 5.73 Å². The minimum absolute atomic E-state index is 0.159. The van der Waals surface area contributed by atoms with Crippen molar-refractivity contribution >= 4 is 22.9 Å². The van der Waals surface area contributed by atoms with Gasteiger partial charge in [0.25, 0.3) is 0 Å². The first-order valence-corrected chi connectivity index (χ1v) is 11.1. The highest BCUT2D eigenvalue weighted by atomic mass is 16.6. The molecule has 0 bridgehead atoms. The van der Waals surface area contributed by atoms with Gasteiger partial charge in [-0.15, -0.1) is 0 Å². The molecule has 1 amide bonds. The van der Waals surface area contributed by atoms with Gasteiger partial charge in [0, 0.05) is 12.6 Å². The Morgan fingerprint density at radius 1 is 1.15 bits per heavy atom. The van der Waals surface area contributed by atoms with Crippen LogP contribution < -0.4 is 22.5 Å². The largest absolute Gasteiger partial charge is 0.388 e. The molecule has 0 spiro atoms. The van der Waals surface area contributed by atoms with Gasteiger partial charge in [-0.2, -0.15) is 0 Å². The maximum absolute atomic E-state index is 11.4. The Morgan fingerprint density at radius 3 is 2.65 bits per heavy atom. The number of ether oxygens (including phenoxy) is 1. The highest BCUT2D eigenvalue weighted by molar-refractivity contribution is 5.81. The molecular formula is C22H30N8O4. The molecule has 1 aliphatic heterocycles. The van der Waals surface area contributed by atoms with E-state index in [1.165, 1.54) is 17.2 Å².